The quantitative estimate of drug-likeness (QED) is 0.747. The van der Waals surface area contributed by atoms with Crippen molar-refractivity contribution < 1.29 is 13.2 Å². The van der Waals surface area contributed by atoms with E-state index in [1.165, 1.54) is 4.31 Å². The maximum Gasteiger partial charge on any atom is 0.265 e. The molecule has 0 aromatic heterocycles. The Bertz CT molecular complexity index is 1160. The third kappa shape index (κ3) is 2.59. The van der Waals surface area contributed by atoms with Gasteiger partial charge >= 0.3 is 0 Å². The minimum Gasteiger partial charge on any atom is -0.324 e. The zero-order valence-electron chi connectivity index (χ0n) is 15.4. The molecule has 1 unspecified atom stereocenters. The second-order valence-corrected chi connectivity index (χ2v) is 8.65. The maximum absolute atomic E-state index is 13.1. The largest absolute Gasteiger partial charge is 0.324 e. The van der Waals surface area contributed by atoms with E-state index in [2.05, 4.69) is 5.32 Å². The molecule has 27 heavy (non-hydrogen) atoms. The monoisotopic (exact) mass is 380 g/mol. The number of nitrogens with one attached hydrogen (secondary N) is 1. The van der Waals surface area contributed by atoms with Crippen LogP contribution in [0.3, 0.4) is 0 Å². The van der Waals surface area contributed by atoms with E-state index in [-0.39, 0.29) is 10.8 Å². The number of carbonyl (C=O) groups is 1. The van der Waals surface area contributed by atoms with Crippen LogP contribution in [-0.2, 0) is 14.8 Å². The molecule has 3 aromatic rings. The minimum absolute atomic E-state index is 0.252. The molecule has 3 aromatic carbocycles. The van der Waals surface area contributed by atoms with Gasteiger partial charge in [0.05, 0.1) is 10.6 Å². The van der Waals surface area contributed by atoms with E-state index in [9.17, 15) is 13.2 Å². The molecule has 1 N–H and O–H groups in total. The summed E-state index contributed by atoms with van der Waals surface area (Å²) in [5.74, 6) is -0.360. The van der Waals surface area contributed by atoms with Gasteiger partial charge in [-0.25, -0.2) is 8.42 Å². The van der Waals surface area contributed by atoms with Crippen molar-refractivity contribution in [1.82, 2.24) is 0 Å². The summed E-state index contributed by atoms with van der Waals surface area (Å²) < 4.78 is 27.5. The van der Waals surface area contributed by atoms with Crippen LogP contribution in [0, 0.1) is 13.8 Å². The molecule has 5 nitrogen and oxygen atoms in total. The van der Waals surface area contributed by atoms with Crippen molar-refractivity contribution in [2.24, 2.45) is 0 Å². The normalized spacial score (nSPS) is 15.7. The molecule has 138 valence electrons. The van der Waals surface area contributed by atoms with E-state index in [4.69, 9.17) is 0 Å². The van der Waals surface area contributed by atoms with Gasteiger partial charge in [-0.2, -0.15) is 0 Å². The average Bonchev–Trinajstić information content (AvgIpc) is 2.87. The first-order valence-electron chi connectivity index (χ1n) is 8.75. The molecule has 0 aliphatic carbocycles. The Morgan fingerprint density at radius 3 is 2.22 bits per heavy atom. The number of para-hydroxylation sites is 1. The number of nitrogens with zero attached hydrogens (tertiary/aromatic N) is 1. The Kier molecular flexibility index (Phi) is 3.96. The fourth-order valence-corrected chi connectivity index (χ4v) is 5.55. The molecule has 1 aliphatic rings. The second kappa shape index (κ2) is 6.09. The van der Waals surface area contributed by atoms with E-state index >= 15 is 0 Å². The lowest BCUT2D eigenvalue weighted by Crippen LogP contribution is -2.44. The van der Waals surface area contributed by atoms with Gasteiger partial charge in [0, 0.05) is 11.1 Å². The van der Waals surface area contributed by atoms with Crippen molar-refractivity contribution in [2.45, 2.75) is 31.7 Å². The molecule has 0 saturated carbocycles. The van der Waals surface area contributed by atoms with Crippen molar-refractivity contribution in [3.8, 4) is 0 Å². The van der Waals surface area contributed by atoms with Gasteiger partial charge in [0.2, 0.25) is 5.91 Å². The van der Waals surface area contributed by atoms with Gasteiger partial charge in [0.1, 0.15) is 6.04 Å². The number of hydrogen-bond acceptors (Lipinski definition) is 3. The first-order chi connectivity index (χ1) is 12.8. The van der Waals surface area contributed by atoms with Crippen LogP contribution in [0.2, 0.25) is 0 Å². The minimum atomic E-state index is -3.78. The van der Waals surface area contributed by atoms with E-state index < -0.39 is 16.1 Å². The molecule has 1 heterocycles. The van der Waals surface area contributed by atoms with Gasteiger partial charge in [0.15, 0.2) is 0 Å². The number of rotatable bonds is 3. The summed E-state index contributed by atoms with van der Waals surface area (Å²) in [6, 6.07) is 15.5. The van der Waals surface area contributed by atoms with Crippen LogP contribution in [0.5, 0.6) is 0 Å². The fraction of sp³-hybridized carbons (Fsp3) is 0.190. The third-order valence-corrected chi connectivity index (χ3v) is 7.01. The van der Waals surface area contributed by atoms with Gasteiger partial charge in [-0.1, -0.05) is 42.5 Å². The number of hydrogen-bond donors (Lipinski definition) is 1. The standard InChI is InChI=1S/C21H20N2O3S/c1-13-7-4-8-14(2)20(13)22-21(24)15(3)23-17-11-5-9-16-10-6-12-18(19(16)17)27(23,25)26/h4-12,15H,1-3H3,(H,22,24). The highest BCUT2D eigenvalue weighted by atomic mass is 32.2. The molecule has 0 radical (unpaired) electrons. The van der Waals surface area contributed by atoms with E-state index in [1.807, 2.05) is 50.2 Å². The van der Waals surface area contributed by atoms with Crippen LogP contribution >= 0.6 is 0 Å². The van der Waals surface area contributed by atoms with Crippen molar-refractivity contribution in [3.05, 3.63) is 65.7 Å². The van der Waals surface area contributed by atoms with Crippen molar-refractivity contribution >= 4 is 38.1 Å². The molecule has 1 aliphatic heterocycles. The Labute approximate surface area is 158 Å². The fourth-order valence-electron chi connectivity index (χ4n) is 3.68. The molecule has 1 amide bonds. The predicted molar refractivity (Wildman–Crippen MR) is 108 cm³/mol. The summed E-state index contributed by atoms with van der Waals surface area (Å²) >= 11 is 0. The number of benzene rings is 3. The summed E-state index contributed by atoms with van der Waals surface area (Å²) in [7, 11) is -3.78. The highest BCUT2D eigenvalue weighted by Crippen LogP contribution is 2.43. The Morgan fingerprint density at radius 2 is 1.56 bits per heavy atom. The maximum atomic E-state index is 13.1. The molecule has 0 fully saturated rings. The molecular formula is C21H20N2O3S. The number of amides is 1. The first kappa shape index (κ1) is 17.5. The lowest BCUT2D eigenvalue weighted by molar-refractivity contribution is -0.116. The Morgan fingerprint density at radius 1 is 0.963 bits per heavy atom. The van der Waals surface area contributed by atoms with Crippen molar-refractivity contribution in [1.29, 1.82) is 0 Å². The zero-order valence-corrected chi connectivity index (χ0v) is 16.2. The molecule has 0 spiro atoms. The Hall–Kier alpha value is -2.86. The highest BCUT2D eigenvalue weighted by Gasteiger charge is 2.40. The summed E-state index contributed by atoms with van der Waals surface area (Å²) in [6.07, 6.45) is 0. The van der Waals surface area contributed by atoms with Crippen LogP contribution in [-0.4, -0.2) is 20.4 Å². The smallest absolute Gasteiger partial charge is 0.265 e. The van der Waals surface area contributed by atoms with Gasteiger partial charge in [0.25, 0.3) is 10.0 Å². The van der Waals surface area contributed by atoms with E-state index in [0.29, 0.717) is 11.1 Å². The van der Waals surface area contributed by atoms with Gasteiger partial charge < -0.3 is 5.32 Å². The molecule has 0 saturated heterocycles. The van der Waals surface area contributed by atoms with Gasteiger partial charge in [-0.15, -0.1) is 0 Å². The van der Waals surface area contributed by atoms with Gasteiger partial charge in [-0.3, -0.25) is 9.10 Å². The van der Waals surface area contributed by atoms with E-state index in [0.717, 1.165) is 22.2 Å². The summed E-state index contributed by atoms with van der Waals surface area (Å²) in [5.41, 5.74) is 3.14. The zero-order chi connectivity index (χ0) is 19.3. The lowest BCUT2D eigenvalue weighted by Gasteiger charge is -2.26. The summed E-state index contributed by atoms with van der Waals surface area (Å²) in [6.45, 7) is 5.44. The lowest BCUT2D eigenvalue weighted by atomic mass is 10.1. The predicted octanol–water partition coefficient (Wildman–Crippen LogP) is 3.99. The van der Waals surface area contributed by atoms with Crippen molar-refractivity contribution in [2.75, 3.05) is 9.62 Å². The Balaban J connectivity index is 1.76. The number of anilines is 2. The topological polar surface area (TPSA) is 66.5 Å². The molecular weight excluding hydrogens is 360 g/mol. The summed E-state index contributed by atoms with van der Waals surface area (Å²) in [5, 5.41) is 4.43. The number of aryl methyl sites for hydroxylation is 2. The van der Waals surface area contributed by atoms with Crippen LogP contribution < -0.4 is 9.62 Å². The van der Waals surface area contributed by atoms with Gasteiger partial charge in [-0.05, 0) is 49.4 Å². The van der Waals surface area contributed by atoms with Crippen LogP contribution in [0.25, 0.3) is 10.8 Å². The SMILES string of the molecule is Cc1cccc(C)c1NC(=O)C(C)N1c2cccc3cccc(c23)S1(=O)=O. The first-order valence-corrected chi connectivity index (χ1v) is 10.2. The van der Waals surface area contributed by atoms with E-state index in [1.54, 1.807) is 25.1 Å². The molecule has 6 heteroatoms. The van der Waals surface area contributed by atoms with Crippen LogP contribution in [0.15, 0.2) is 59.5 Å². The third-order valence-electron chi connectivity index (χ3n) is 5.08. The van der Waals surface area contributed by atoms with Crippen molar-refractivity contribution in [3.63, 3.8) is 0 Å². The molecule has 1 atom stereocenters. The average molecular weight is 380 g/mol. The summed E-state index contributed by atoms with van der Waals surface area (Å²) in [4.78, 5) is 13.2. The van der Waals surface area contributed by atoms with Crippen LogP contribution in [0.4, 0.5) is 11.4 Å². The molecule has 0 bridgehead atoms. The number of carbonyl (C=O) groups excluding carboxylic acids is 1. The van der Waals surface area contributed by atoms with Crippen LogP contribution in [0.1, 0.15) is 18.1 Å². The highest BCUT2D eigenvalue weighted by molar-refractivity contribution is 7.93. The second-order valence-electron chi connectivity index (χ2n) is 6.86. The molecule has 4 rings (SSSR count). The number of sulfonamides is 1.